The first-order valence-electron chi connectivity index (χ1n) is 4.87. The van der Waals surface area contributed by atoms with Crippen molar-refractivity contribution >= 4 is 5.69 Å². The van der Waals surface area contributed by atoms with E-state index in [1.54, 1.807) is 19.2 Å². The fraction of sp³-hybridized carbons (Fsp3) is 0.500. The number of pyridine rings is 1. The molecule has 5 nitrogen and oxygen atoms in total. The lowest BCUT2D eigenvalue weighted by molar-refractivity contribution is 0.0115. The van der Waals surface area contributed by atoms with E-state index in [1.807, 2.05) is 0 Å². The summed E-state index contributed by atoms with van der Waals surface area (Å²) in [5, 5.41) is 22.2. The summed E-state index contributed by atoms with van der Waals surface area (Å²) in [5.74, 6) is 0. The van der Waals surface area contributed by atoms with Crippen molar-refractivity contribution in [3.8, 4) is 0 Å². The molecule has 0 saturated heterocycles. The maximum absolute atomic E-state index is 9.73. The normalized spacial score (nSPS) is 14.9. The average Bonchev–Trinajstić information content (AvgIpc) is 2.26. The number of hydrogen-bond donors (Lipinski definition) is 4. The average molecular weight is 211 g/mol. The molecule has 1 aromatic rings. The van der Waals surface area contributed by atoms with E-state index in [2.05, 4.69) is 10.3 Å². The van der Waals surface area contributed by atoms with Gasteiger partial charge >= 0.3 is 0 Å². The molecule has 2 unspecified atom stereocenters. The first kappa shape index (κ1) is 11.9. The highest BCUT2D eigenvalue weighted by molar-refractivity contribution is 5.34. The summed E-state index contributed by atoms with van der Waals surface area (Å²) in [6.45, 7) is 0.646. The van der Waals surface area contributed by atoms with Gasteiger partial charge in [-0.2, -0.15) is 0 Å². The van der Waals surface area contributed by atoms with Gasteiger partial charge in [0.05, 0.1) is 23.7 Å². The third-order valence-corrected chi connectivity index (χ3v) is 2.17. The van der Waals surface area contributed by atoms with E-state index in [0.717, 1.165) is 0 Å². The Morgan fingerprint density at radius 3 is 2.73 bits per heavy atom. The van der Waals surface area contributed by atoms with Crippen molar-refractivity contribution in [1.29, 1.82) is 0 Å². The second kappa shape index (κ2) is 5.65. The number of aliphatic hydroxyl groups excluding tert-OH is 2. The summed E-state index contributed by atoms with van der Waals surface area (Å²) in [4.78, 5) is 3.95. The predicted molar refractivity (Wildman–Crippen MR) is 58.2 cm³/mol. The molecule has 1 rings (SSSR count). The molecule has 0 aliphatic carbocycles. The number of hydrogen-bond acceptors (Lipinski definition) is 5. The quantitative estimate of drug-likeness (QED) is 0.535. The van der Waals surface area contributed by atoms with Gasteiger partial charge in [-0.3, -0.25) is 4.98 Å². The summed E-state index contributed by atoms with van der Waals surface area (Å²) in [6.07, 6.45) is 0.167. The maximum Gasteiger partial charge on any atom is 0.122 e. The maximum atomic E-state index is 9.73. The van der Waals surface area contributed by atoms with E-state index in [0.29, 0.717) is 24.3 Å². The largest absolute Gasteiger partial charge is 0.397 e. The highest BCUT2D eigenvalue weighted by Gasteiger charge is 2.18. The fourth-order valence-electron chi connectivity index (χ4n) is 1.24. The Labute approximate surface area is 89.0 Å². The number of nitrogens with zero attached hydrogens (tertiary/aromatic N) is 1. The topological polar surface area (TPSA) is 91.4 Å². The van der Waals surface area contributed by atoms with E-state index < -0.39 is 12.2 Å². The predicted octanol–water partition coefficient (Wildman–Crippen LogP) is -0.332. The van der Waals surface area contributed by atoms with Gasteiger partial charge in [0.25, 0.3) is 0 Å². The van der Waals surface area contributed by atoms with Gasteiger partial charge in [0.1, 0.15) is 6.10 Å². The molecular weight excluding hydrogens is 194 g/mol. The molecular formula is C10H17N3O2. The van der Waals surface area contributed by atoms with E-state index in [1.165, 1.54) is 6.20 Å². The lowest BCUT2D eigenvalue weighted by atomic mass is 10.1. The molecule has 0 saturated carbocycles. The number of anilines is 1. The lowest BCUT2D eigenvalue weighted by Gasteiger charge is -2.17. The van der Waals surface area contributed by atoms with Gasteiger partial charge in [0.2, 0.25) is 0 Å². The third-order valence-electron chi connectivity index (χ3n) is 2.17. The van der Waals surface area contributed by atoms with E-state index in [-0.39, 0.29) is 0 Å². The lowest BCUT2D eigenvalue weighted by Crippen LogP contribution is -2.23. The summed E-state index contributed by atoms with van der Waals surface area (Å²) in [7, 11) is 1.79. The van der Waals surface area contributed by atoms with Gasteiger partial charge in [-0.05, 0) is 32.1 Å². The fourth-order valence-corrected chi connectivity index (χ4v) is 1.24. The molecule has 0 radical (unpaired) electrons. The SMILES string of the molecule is CNCCC(O)C(O)c1ccc(N)cn1. The van der Waals surface area contributed by atoms with Crippen molar-refractivity contribution < 1.29 is 10.2 Å². The van der Waals surface area contributed by atoms with Crippen LogP contribution in [0, 0.1) is 0 Å². The Bertz CT molecular complexity index is 289. The highest BCUT2D eigenvalue weighted by Crippen LogP contribution is 2.17. The van der Waals surface area contributed by atoms with Crippen molar-refractivity contribution in [2.75, 3.05) is 19.3 Å². The van der Waals surface area contributed by atoms with Crippen LogP contribution in [0.15, 0.2) is 18.3 Å². The first-order chi connectivity index (χ1) is 7.15. The summed E-state index contributed by atoms with van der Waals surface area (Å²) in [5.41, 5.74) is 6.44. The van der Waals surface area contributed by atoms with Gasteiger partial charge in [0, 0.05) is 0 Å². The Balaban J connectivity index is 2.59. The molecule has 0 amide bonds. The minimum absolute atomic E-state index is 0.438. The van der Waals surface area contributed by atoms with Crippen LogP contribution in [0.3, 0.4) is 0 Å². The Morgan fingerprint density at radius 2 is 2.20 bits per heavy atom. The van der Waals surface area contributed by atoms with Crippen molar-refractivity contribution in [3.05, 3.63) is 24.0 Å². The molecule has 0 aliphatic rings. The van der Waals surface area contributed by atoms with Gasteiger partial charge in [-0.25, -0.2) is 0 Å². The van der Waals surface area contributed by atoms with Gasteiger partial charge in [0.15, 0.2) is 0 Å². The molecule has 5 heteroatoms. The number of aliphatic hydroxyl groups is 2. The van der Waals surface area contributed by atoms with Crippen LogP contribution in [-0.4, -0.2) is 34.9 Å². The van der Waals surface area contributed by atoms with Gasteiger partial charge in [-0.1, -0.05) is 0 Å². The van der Waals surface area contributed by atoms with Crippen molar-refractivity contribution in [3.63, 3.8) is 0 Å². The second-order valence-corrected chi connectivity index (χ2v) is 3.42. The van der Waals surface area contributed by atoms with E-state index in [4.69, 9.17) is 5.73 Å². The van der Waals surface area contributed by atoms with E-state index in [9.17, 15) is 10.2 Å². The van der Waals surface area contributed by atoms with Gasteiger partial charge < -0.3 is 21.3 Å². The van der Waals surface area contributed by atoms with Crippen LogP contribution < -0.4 is 11.1 Å². The summed E-state index contributed by atoms with van der Waals surface area (Å²) >= 11 is 0. The van der Waals surface area contributed by atoms with E-state index >= 15 is 0 Å². The zero-order chi connectivity index (χ0) is 11.3. The van der Waals surface area contributed by atoms with Crippen molar-refractivity contribution in [1.82, 2.24) is 10.3 Å². The Morgan fingerprint density at radius 1 is 1.47 bits per heavy atom. The zero-order valence-corrected chi connectivity index (χ0v) is 8.72. The molecule has 0 aliphatic heterocycles. The van der Waals surface area contributed by atoms with Crippen molar-refractivity contribution in [2.45, 2.75) is 18.6 Å². The Hall–Kier alpha value is -1.17. The van der Waals surface area contributed by atoms with Crippen LogP contribution in [0.1, 0.15) is 18.2 Å². The van der Waals surface area contributed by atoms with Crippen LogP contribution in [0.4, 0.5) is 5.69 Å². The molecule has 15 heavy (non-hydrogen) atoms. The van der Waals surface area contributed by atoms with Crippen molar-refractivity contribution in [2.24, 2.45) is 0 Å². The minimum atomic E-state index is -0.959. The minimum Gasteiger partial charge on any atom is -0.397 e. The Kier molecular flexibility index (Phi) is 4.48. The molecule has 2 atom stereocenters. The zero-order valence-electron chi connectivity index (χ0n) is 8.72. The molecule has 1 aromatic heterocycles. The second-order valence-electron chi connectivity index (χ2n) is 3.42. The van der Waals surface area contributed by atoms with Crippen LogP contribution in [0.25, 0.3) is 0 Å². The summed E-state index contributed by atoms with van der Waals surface area (Å²) < 4.78 is 0. The molecule has 1 heterocycles. The number of aromatic nitrogens is 1. The molecule has 5 N–H and O–H groups in total. The van der Waals surface area contributed by atoms with Gasteiger partial charge in [-0.15, -0.1) is 0 Å². The molecule has 0 aromatic carbocycles. The number of rotatable bonds is 5. The monoisotopic (exact) mass is 211 g/mol. The number of nitrogen functional groups attached to an aromatic ring is 1. The molecule has 0 bridgehead atoms. The molecule has 84 valence electrons. The van der Waals surface area contributed by atoms with Crippen LogP contribution in [-0.2, 0) is 0 Å². The third kappa shape index (κ3) is 3.47. The smallest absolute Gasteiger partial charge is 0.122 e. The first-order valence-corrected chi connectivity index (χ1v) is 4.87. The van der Waals surface area contributed by atoms with Crippen LogP contribution in [0.2, 0.25) is 0 Å². The molecule has 0 spiro atoms. The van der Waals surface area contributed by atoms with Crippen LogP contribution >= 0.6 is 0 Å². The van der Waals surface area contributed by atoms with Crippen LogP contribution in [0.5, 0.6) is 0 Å². The number of nitrogens with one attached hydrogen (secondary N) is 1. The standard InChI is InChI=1S/C10H17N3O2/c1-12-5-4-9(14)10(15)8-3-2-7(11)6-13-8/h2-3,6,9-10,12,14-15H,4-5,11H2,1H3. The highest BCUT2D eigenvalue weighted by atomic mass is 16.3. The summed E-state index contributed by atoms with van der Waals surface area (Å²) in [6, 6.07) is 3.26. The number of nitrogens with two attached hydrogens (primary N) is 1. The molecule has 0 fully saturated rings.